The van der Waals surface area contributed by atoms with Gasteiger partial charge in [0.15, 0.2) is 11.7 Å². The summed E-state index contributed by atoms with van der Waals surface area (Å²) in [6.07, 6.45) is 6.19. The number of ketones is 1. The third kappa shape index (κ3) is 8.82. The monoisotopic (exact) mass is 524 g/mol. The van der Waals surface area contributed by atoms with Gasteiger partial charge in [-0.05, 0) is 59.3 Å². The zero-order valence-electron chi connectivity index (χ0n) is 22.2. The van der Waals surface area contributed by atoms with E-state index in [1.807, 2.05) is 0 Å². The maximum Gasteiger partial charge on any atom is 0.326 e. The molecule has 0 N–H and O–H groups in total. The Morgan fingerprint density at radius 1 is 0.865 bits per heavy atom. The van der Waals surface area contributed by atoms with Crippen LogP contribution in [0.1, 0.15) is 78.6 Å². The molecule has 2 saturated carbocycles. The second-order valence-electron chi connectivity index (χ2n) is 9.23. The molecule has 2 amide bonds. The molecule has 208 valence electrons. The molecule has 37 heavy (non-hydrogen) atoms. The van der Waals surface area contributed by atoms with E-state index < -0.39 is 17.9 Å². The fourth-order valence-electron chi connectivity index (χ4n) is 4.40. The summed E-state index contributed by atoms with van der Waals surface area (Å²) in [6.45, 7) is 6.66. The molecule has 0 radical (unpaired) electrons. The lowest BCUT2D eigenvalue weighted by molar-refractivity contribution is -0.163. The van der Waals surface area contributed by atoms with Crippen LogP contribution in [-0.4, -0.2) is 90.3 Å². The number of carbonyl (C=O) groups excluding carboxylic acids is 6. The van der Waals surface area contributed by atoms with Gasteiger partial charge >= 0.3 is 17.9 Å². The van der Waals surface area contributed by atoms with Crippen LogP contribution >= 0.6 is 0 Å². The third-order valence-electron chi connectivity index (χ3n) is 6.79. The summed E-state index contributed by atoms with van der Waals surface area (Å²) in [4.78, 5) is 73.5. The maximum absolute atomic E-state index is 12.1. The van der Waals surface area contributed by atoms with Gasteiger partial charge in [0.2, 0.25) is 11.8 Å². The van der Waals surface area contributed by atoms with Crippen LogP contribution in [0.15, 0.2) is 0 Å². The van der Waals surface area contributed by atoms with Crippen molar-refractivity contribution in [1.29, 1.82) is 0 Å². The molecule has 1 saturated heterocycles. The minimum Gasteiger partial charge on any atom is -0.466 e. The topological polar surface area (TPSA) is 137 Å². The average Bonchev–Trinajstić information content (AvgIpc) is 2.77. The van der Waals surface area contributed by atoms with Crippen LogP contribution in [0.4, 0.5) is 0 Å². The molecule has 1 unspecified atom stereocenters. The summed E-state index contributed by atoms with van der Waals surface area (Å²) < 4.78 is 14.4. The van der Waals surface area contributed by atoms with E-state index in [1.54, 1.807) is 30.6 Å². The smallest absolute Gasteiger partial charge is 0.326 e. The first-order valence-electron chi connectivity index (χ1n) is 13.3. The molecule has 3 rings (SSSR count). The van der Waals surface area contributed by atoms with Crippen LogP contribution in [0.2, 0.25) is 0 Å². The molecule has 11 nitrogen and oxygen atoms in total. The van der Waals surface area contributed by atoms with Crippen LogP contribution < -0.4 is 0 Å². The first-order valence-corrected chi connectivity index (χ1v) is 13.3. The van der Waals surface area contributed by atoms with E-state index in [0.717, 1.165) is 38.5 Å². The number of rotatable bonds is 11. The number of nitrogens with zero attached hydrogens (tertiary/aromatic N) is 2. The number of amides is 2. The number of ether oxygens (including phenoxy) is 3. The first kappa shape index (κ1) is 30.2. The second kappa shape index (κ2) is 15.3. The van der Waals surface area contributed by atoms with E-state index in [0.29, 0.717) is 19.7 Å². The van der Waals surface area contributed by atoms with Gasteiger partial charge in [0, 0.05) is 31.6 Å². The van der Waals surface area contributed by atoms with Gasteiger partial charge in [0.25, 0.3) is 0 Å². The second-order valence-corrected chi connectivity index (χ2v) is 9.23. The molecule has 0 bridgehead atoms. The van der Waals surface area contributed by atoms with Crippen molar-refractivity contribution >= 4 is 35.5 Å². The lowest BCUT2D eigenvalue weighted by Gasteiger charge is -2.41. The molecule has 3 aliphatic rings. The molecule has 3 fully saturated rings. The summed E-state index contributed by atoms with van der Waals surface area (Å²) >= 11 is 0. The molecule has 1 atom stereocenters. The van der Waals surface area contributed by atoms with Gasteiger partial charge in [-0.1, -0.05) is 0 Å². The third-order valence-corrected chi connectivity index (χ3v) is 6.79. The fourth-order valence-corrected chi connectivity index (χ4v) is 4.40. The van der Waals surface area contributed by atoms with Gasteiger partial charge in [-0.25, -0.2) is 0 Å². The molecular formula is C26H40N2O9. The van der Waals surface area contributed by atoms with E-state index in [1.165, 1.54) is 0 Å². The molecule has 1 heterocycles. The van der Waals surface area contributed by atoms with Crippen molar-refractivity contribution in [2.24, 2.45) is 5.92 Å². The Balaban J connectivity index is 0.000000263. The molecule has 11 heteroatoms. The van der Waals surface area contributed by atoms with Crippen LogP contribution in [0.3, 0.4) is 0 Å². The standard InChI is InChI=1S/C14H23NO5.C12H17NO4/c1-3-19-13(17)8-9-15(11-6-5-7-11)12(16)10-14(18)20-4-2;1-2-17-12(16)10-9(14)6-7-13(11(10)15)8-4-3-5-8/h11H,3-10H2,1-2H3;8,10H,2-7H2,1H3. The summed E-state index contributed by atoms with van der Waals surface area (Å²) in [5.74, 6) is -3.65. The fraction of sp³-hybridized carbons (Fsp3) is 0.769. The Kier molecular flexibility index (Phi) is 12.5. The quantitative estimate of drug-likeness (QED) is 0.225. The SMILES string of the molecule is CCOC(=O)C1C(=O)CCN(C2CCC2)C1=O.CCOC(=O)CCN(C(=O)CC(=O)OCC)C1CCC1. The van der Waals surface area contributed by atoms with E-state index >= 15 is 0 Å². The van der Waals surface area contributed by atoms with Gasteiger partial charge in [0.05, 0.1) is 26.2 Å². The number of carbonyl (C=O) groups is 6. The number of piperidine rings is 1. The molecule has 2 aliphatic carbocycles. The van der Waals surface area contributed by atoms with Gasteiger partial charge in [-0.2, -0.15) is 0 Å². The number of hydrogen-bond donors (Lipinski definition) is 0. The van der Waals surface area contributed by atoms with Crippen LogP contribution in [0.5, 0.6) is 0 Å². The van der Waals surface area contributed by atoms with Crippen molar-refractivity contribution in [2.45, 2.75) is 90.6 Å². The zero-order valence-corrected chi connectivity index (χ0v) is 22.2. The number of esters is 3. The first-order chi connectivity index (χ1) is 17.7. The Bertz CT molecular complexity index is 836. The normalized spacial score (nSPS) is 19.5. The van der Waals surface area contributed by atoms with E-state index in [2.05, 4.69) is 0 Å². The van der Waals surface area contributed by atoms with Gasteiger partial charge < -0.3 is 24.0 Å². The minimum absolute atomic E-state index is 0.145. The number of hydrogen-bond acceptors (Lipinski definition) is 9. The maximum atomic E-state index is 12.1. The van der Waals surface area contributed by atoms with E-state index in [4.69, 9.17) is 14.2 Å². The average molecular weight is 525 g/mol. The zero-order chi connectivity index (χ0) is 27.4. The Labute approximate surface area is 218 Å². The molecule has 0 aromatic heterocycles. The van der Waals surface area contributed by atoms with E-state index in [-0.39, 0.29) is 68.1 Å². The minimum atomic E-state index is -1.20. The Morgan fingerprint density at radius 2 is 1.46 bits per heavy atom. The summed E-state index contributed by atoms with van der Waals surface area (Å²) in [5.41, 5.74) is 0. The number of Topliss-reactive ketones (excluding diaryl/α,β-unsaturated/α-hetero) is 1. The van der Waals surface area contributed by atoms with Crippen LogP contribution in [-0.2, 0) is 43.0 Å². The van der Waals surface area contributed by atoms with Crippen LogP contribution in [0, 0.1) is 5.92 Å². The van der Waals surface area contributed by atoms with Crippen LogP contribution in [0.25, 0.3) is 0 Å². The highest BCUT2D eigenvalue weighted by Crippen LogP contribution is 2.29. The molecule has 1 aliphatic heterocycles. The number of likely N-dealkylation sites (tertiary alicyclic amines) is 1. The van der Waals surface area contributed by atoms with Gasteiger partial charge in [-0.3, -0.25) is 28.8 Å². The largest absolute Gasteiger partial charge is 0.466 e. The van der Waals surface area contributed by atoms with Crippen molar-refractivity contribution in [2.75, 3.05) is 32.9 Å². The van der Waals surface area contributed by atoms with Crippen molar-refractivity contribution in [3.8, 4) is 0 Å². The lowest BCUT2D eigenvalue weighted by Crippen LogP contribution is -2.55. The predicted molar refractivity (Wildman–Crippen MR) is 131 cm³/mol. The van der Waals surface area contributed by atoms with Crippen molar-refractivity contribution in [3.05, 3.63) is 0 Å². The highest BCUT2D eigenvalue weighted by atomic mass is 16.5. The van der Waals surface area contributed by atoms with Crippen molar-refractivity contribution in [3.63, 3.8) is 0 Å². The van der Waals surface area contributed by atoms with Gasteiger partial charge in [0.1, 0.15) is 6.42 Å². The molecule has 0 aromatic rings. The lowest BCUT2D eigenvalue weighted by atomic mass is 9.87. The molecular weight excluding hydrogens is 484 g/mol. The Morgan fingerprint density at radius 3 is 1.97 bits per heavy atom. The Hall–Kier alpha value is -2.98. The molecule has 0 spiro atoms. The van der Waals surface area contributed by atoms with Crippen molar-refractivity contribution in [1.82, 2.24) is 9.80 Å². The van der Waals surface area contributed by atoms with Gasteiger partial charge in [-0.15, -0.1) is 0 Å². The van der Waals surface area contributed by atoms with Crippen molar-refractivity contribution < 1.29 is 43.0 Å². The summed E-state index contributed by atoms with van der Waals surface area (Å²) in [6, 6.07) is 0.374. The molecule has 0 aromatic carbocycles. The predicted octanol–water partition coefficient (Wildman–Crippen LogP) is 1.79. The summed E-state index contributed by atoms with van der Waals surface area (Å²) in [5, 5.41) is 0. The summed E-state index contributed by atoms with van der Waals surface area (Å²) in [7, 11) is 0. The highest BCUT2D eigenvalue weighted by molar-refractivity contribution is 6.17. The van der Waals surface area contributed by atoms with E-state index in [9.17, 15) is 28.8 Å². The highest BCUT2D eigenvalue weighted by Gasteiger charge is 2.44.